The molecule has 0 atom stereocenters. The summed E-state index contributed by atoms with van der Waals surface area (Å²) in [5, 5.41) is 3.30. The van der Waals surface area contributed by atoms with Crippen molar-refractivity contribution in [3.05, 3.63) is 41.2 Å². The van der Waals surface area contributed by atoms with Crippen LogP contribution in [0.3, 0.4) is 0 Å². The van der Waals surface area contributed by atoms with E-state index in [1.54, 1.807) is 30.5 Å². The van der Waals surface area contributed by atoms with Gasteiger partial charge in [0.25, 0.3) is 5.91 Å². The molecule has 1 aliphatic heterocycles. The lowest BCUT2D eigenvalue weighted by Gasteiger charge is -2.32. The molecule has 0 aliphatic carbocycles. The first-order valence-electron chi connectivity index (χ1n) is 7.98. The maximum absolute atomic E-state index is 12.6. The molecule has 0 bridgehead atoms. The third-order valence-corrected chi connectivity index (χ3v) is 4.31. The summed E-state index contributed by atoms with van der Waals surface area (Å²) in [4.78, 5) is 25.6. The number of nitrogens with zero attached hydrogens (tertiary/aromatic N) is 4. The number of rotatable bonds is 4. The van der Waals surface area contributed by atoms with Gasteiger partial charge >= 0.3 is 0 Å². The summed E-state index contributed by atoms with van der Waals surface area (Å²) in [5.41, 5.74) is 0.797. The van der Waals surface area contributed by atoms with Gasteiger partial charge in [-0.05, 0) is 31.3 Å². The maximum Gasteiger partial charge on any atom is 0.274 e. The van der Waals surface area contributed by atoms with Gasteiger partial charge in [-0.25, -0.2) is 9.97 Å². The van der Waals surface area contributed by atoms with E-state index in [9.17, 15) is 4.79 Å². The molecule has 0 radical (unpaired) electrons. The van der Waals surface area contributed by atoms with Gasteiger partial charge in [0.1, 0.15) is 11.4 Å². The number of piperazine rings is 1. The zero-order chi connectivity index (χ0) is 17.8. The van der Waals surface area contributed by atoms with Crippen LogP contribution >= 0.6 is 11.6 Å². The summed E-state index contributed by atoms with van der Waals surface area (Å²) < 4.78 is 5.25. The molecule has 1 amide bonds. The fourth-order valence-electron chi connectivity index (χ4n) is 2.60. The van der Waals surface area contributed by atoms with Crippen molar-refractivity contribution in [3.8, 4) is 5.75 Å². The molecule has 1 aromatic heterocycles. The molecule has 1 saturated heterocycles. The number of hydrogen-bond donors (Lipinski definition) is 1. The largest absolute Gasteiger partial charge is 0.495 e. The van der Waals surface area contributed by atoms with Gasteiger partial charge in [0.2, 0.25) is 5.95 Å². The summed E-state index contributed by atoms with van der Waals surface area (Å²) in [6, 6.07) is 6.63. The predicted molar refractivity (Wildman–Crippen MR) is 97.7 cm³/mol. The second-order valence-electron chi connectivity index (χ2n) is 5.83. The van der Waals surface area contributed by atoms with Crippen molar-refractivity contribution >= 4 is 29.1 Å². The standard InChI is InChI=1S/C17H20ClN5O2/c1-22-7-9-23(10-8-22)17-19-6-5-13(21-17)16(24)20-14-11-12(18)3-4-15(14)25-2/h3-6,11H,7-10H2,1-2H3,(H,20,24). The van der Waals surface area contributed by atoms with E-state index in [-0.39, 0.29) is 5.91 Å². The van der Waals surface area contributed by atoms with Crippen molar-refractivity contribution in [2.75, 3.05) is 50.6 Å². The minimum atomic E-state index is -0.335. The number of halogens is 1. The van der Waals surface area contributed by atoms with E-state index in [0.717, 1.165) is 26.2 Å². The first kappa shape index (κ1) is 17.4. The summed E-state index contributed by atoms with van der Waals surface area (Å²) >= 11 is 6.00. The van der Waals surface area contributed by atoms with Crippen LogP contribution in [-0.4, -0.2) is 61.1 Å². The Morgan fingerprint density at radius 2 is 2.00 bits per heavy atom. The lowest BCUT2D eigenvalue weighted by molar-refractivity contribution is 0.102. The number of methoxy groups -OCH3 is 1. The van der Waals surface area contributed by atoms with Gasteiger partial charge in [0.15, 0.2) is 0 Å². The molecular weight excluding hydrogens is 342 g/mol. The van der Waals surface area contributed by atoms with Crippen LogP contribution in [0.15, 0.2) is 30.5 Å². The SMILES string of the molecule is COc1ccc(Cl)cc1NC(=O)c1ccnc(N2CCN(C)CC2)n1. The Balaban J connectivity index is 1.77. The van der Waals surface area contributed by atoms with Crippen LogP contribution in [-0.2, 0) is 0 Å². The van der Waals surface area contributed by atoms with E-state index < -0.39 is 0 Å². The maximum atomic E-state index is 12.6. The minimum Gasteiger partial charge on any atom is -0.495 e. The number of carbonyl (C=O) groups is 1. The zero-order valence-electron chi connectivity index (χ0n) is 14.2. The molecule has 1 aromatic carbocycles. The highest BCUT2D eigenvalue weighted by molar-refractivity contribution is 6.31. The van der Waals surface area contributed by atoms with Crippen LogP contribution in [0.5, 0.6) is 5.75 Å². The highest BCUT2D eigenvalue weighted by Crippen LogP contribution is 2.28. The van der Waals surface area contributed by atoms with Gasteiger partial charge in [-0.2, -0.15) is 0 Å². The molecule has 8 heteroatoms. The topological polar surface area (TPSA) is 70.6 Å². The van der Waals surface area contributed by atoms with Crippen LogP contribution < -0.4 is 15.0 Å². The van der Waals surface area contributed by atoms with E-state index in [1.807, 2.05) is 0 Å². The Morgan fingerprint density at radius 3 is 2.72 bits per heavy atom. The molecule has 0 spiro atoms. The number of carbonyl (C=O) groups excluding carboxylic acids is 1. The van der Waals surface area contributed by atoms with Crippen molar-refractivity contribution in [3.63, 3.8) is 0 Å². The van der Waals surface area contributed by atoms with Crippen LogP contribution in [0.4, 0.5) is 11.6 Å². The average Bonchev–Trinajstić information content (AvgIpc) is 2.62. The second-order valence-corrected chi connectivity index (χ2v) is 6.27. The number of likely N-dealkylation sites (N-methyl/N-ethyl adjacent to an activating group) is 1. The third kappa shape index (κ3) is 4.18. The van der Waals surface area contributed by atoms with Gasteiger partial charge in [-0.1, -0.05) is 11.6 Å². The number of anilines is 2. The number of benzene rings is 1. The lowest BCUT2D eigenvalue weighted by atomic mass is 10.2. The molecule has 7 nitrogen and oxygen atoms in total. The van der Waals surface area contributed by atoms with E-state index in [1.165, 1.54) is 7.11 Å². The van der Waals surface area contributed by atoms with Gasteiger partial charge in [-0.3, -0.25) is 4.79 Å². The zero-order valence-corrected chi connectivity index (χ0v) is 15.0. The molecule has 3 rings (SSSR count). The Bertz CT molecular complexity index is 762. The monoisotopic (exact) mass is 361 g/mol. The summed E-state index contributed by atoms with van der Waals surface area (Å²) in [6.07, 6.45) is 1.60. The Kier molecular flexibility index (Phi) is 5.35. The fraction of sp³-hybridized carbons (Fsp3) is 0.353. The van der Waals surface area contributed by atoms with E-state index in [2.05, 4.69) is 32.1 Å². The minimum absolute atomic E-state index is 0.297. The molecule has 1 N–H and O–H groups in total. The van der Waals surface area contributed by atoms with Gasteiger partial charge in [-0.15, -0.1) is 0 Å². The fourth-order valence-corrected chi connectivity index (χ4v) is 2.77. The van der Waals surface area contributed by atoms with E-state index in [4.69, 9.17) is 16.3 Å². The van der Waals surface area contributed by atoms with Crippen LogP contribution in [0.25, 0.3) is 0 Å². The first-order chi connectivity index (χ1) is 12.1. The lowest BCUT2D eigenvalue weighted by Crippen LogP contribution is -2.45. The van der Waals surface area contributed by atoms with Gasteiger partial charge in [0, 0.05) is 37.4 Å². The van der Waals surface area contributed by atoms with Crippen LogP contribution in [0.1, 0.15) is 10.5 Å². The van der Waals surface area contributed by atoms with Crippen LogP contribution in [0, 0.1) is 0 Å². The summed E-state index contributed by atoms with van der Waals surface area (Å²) in [7, 11) is 3.62. The normalized spacial score (nSPS) is 15.1. The van der Waals surface area contributed by atoms with Crippen molar-refractivity contribution in [2.45, 2.75) is 0 Å². The molecular formula is C17H20ClN5O2. The van der Waals surface area contributed by atoms with E-state index in [0.29, 0.717) is 28.1 Å². The number of hydrogen-bond acceptors (Lipinski definition) is 6. The molecule has 1 fully saturated rings. The highest BCUT2D eigenvalue weighted by atomic mass is 35.5. The molecule has 2 heterocycles. The molecule has 0 unspecified atom stereocenters. The molecule has 2 aromatic rings. The average molecular weight is 362 g/mol. The number of aromatic nitrogens is 2. The number of nitrogens with one attached hydrogen (secondary N) is 1. The second kappa shape index (κ2) is 7.67. The van der Waals surface area contributed by atoms with E-state index >= 15 is 0 Å². The van der Waals surface area contributed by atoms with Crippen molar-refractivity contribution in [2.24, 2.45) is 0 Å². The predicted octanol–water partition coefficient (Wildman–Crippen LogP) is 2.14. The first-order valence-corrected chi connectivity index (χ1v) is 8.36. The summed E-state index contributed by atoms with van der Waals surface area (Å²) in [5.74, 6) is 0.767. The molecule has 1 aliphatic rings. The summed E-state index contributed by atoms with van der Waals surface area (Å²) in [6.45, 7) is 3.56. The molecule has 25 heavy (non-hydrogen) atoms. The van der Waals surface area contributed by atoms with Crippen molar-refractivity contribution in [1.82, 2.24) is 14.9 Å². The molecule has 132 valence electrons. The Hall–Kier alpha value is -2.38. The van der Waals surface area contributed by atoms with Gasteiger partial charge < -0.3 is 19.9 Å². The van der Waals surface area contributed by atoms with Gasteiger partial charge in [0.05, 0.1) is 12.8 Å². The number of ether oxygens (including phenoxy) is 1. The third-order valence-electron chi connectivity index (χ3n) is 4.07. The quantitative estimate of drug-likeness (QED) is 0.899. The smallest absolute Gasteiger partial charge is 0.274 e. The molecule has 0 saturated carbocycles. The van der Waals surface area contributed by atoms with Crippen molar-refractivity contribution in [1.29, 1.82) is 0 Å². The highest BCUT2D eigenvalue weighted by Gasteiger charge is 2.18. The van der Waals surface area contributed by atoms with Crippen LogP contribution in [0.2, 0.25) is 5.02 Å². The Morgan fingerprint density at radius 1 is 1.24 bits per heavy atom. The van der Waals surface area contributed by atoms with Crippen molar-refractivity contribution < 1.29 is 9.53 Å². The Labute approximate surface area is 151 Å². The number of amides is 1.